The predicted octanol–water partition coefficient (Wildman–Crippen LogP) is 3.05. The van der Waals surface area contributed by atoms with Gasteiger partial charge in [0.25, 0.3) is 0 Å². The van der Waals surface area contributed by atoms with Gasteiger partial charge in [0.05, 0.1) is 0 Å². The van der Waals surface area contributed by atoms with Crippen LogP contribution in [0.2, 0.25) is 0 Å². The lowest BCUT2D eigenvalue weighted by Gasteiger charge is -2.36. The van der Waals surface area contributed by atoms with Crippen molar-refractivity contribution in [3.8, 4) is 0 Å². The van der Waals surface area contributed by atoms with Gasteiger partial charge in [-0.25, -0.2) is 0 Å². The average molecular weight is 337 g/mol. The van der Waals surface area contributed by atoms with E-state index in [2.05, 4.69) is 22.5 Å². The monoisotopic (exact) mass is 336 g/mol. The van der Waals surface area contributed by atoms with Gasteiger partial charge in [0, 0.05) is 17.6 Å². The average Bonchev–Trinajstić information content (AvgIpc) is 2.47. The first-order chi connectivity index (χ1) is 9.45. The van der Waals surface area contributed by atoms with Crippen LogP contribution in [0.3, 0.4) is 0 Å². The molecule has 108 valence electrons. The molecular formula is C16H21BrN2O. The first-order valence-corrected chi connectivity index (χ1v) is 7.71. The number of nitrogens with zero attached hydrogens (tertiary/aromatic N) is 1. The second-order valence-electron chi connectivity index (χ2n) is 5.57. The molecule has 20 heavy (non-hydrogen) atoms. The summed E-state index contributed by atoms with van der Waals surface area (Å²) in [6.45, 7) is 7.14. The van der Waals surface area contributed by atoms with Crippen LogP contribution >= 0.6 is 15.9 Å². The van der Waals surface area contributed by atoms with Crippen LogP contribution in [0.25, 0.3) is 0 Å². The molecular weight excluding hydrogens is 316 g/mol. The maximum absolute atomic E-state index is 12.7. The highest BCUT2D eigenvalue weighted by molar-refractivity contribution is 9.10. The Hall–Kier alpha value is -1.13. The quantitative estimate of drug-likeness (QED) is 0.862. The Bertz CT molecular complexity index is 488. The van der Waals surface area contributed by atoms with E-state index in [0.29, 0.717) is 5.92 Å². The van der Waals surface area contributed by atoms with Crippen LogP contribution in [0.15, 0.2) is 41.4 Å². The fraction of sp³-hybridized carbons (Fsp3) is 0.438. The summed E-state index contributed by atoms with van der Waals surface area (Å²) in [7, 11) is 0. The fourth-order valence-electron chi connectivity index (χ4n) is 2.59. The van der Waals surface area contributed by atoms with Gasteiger partial charge in [-0.05, 0) is 43.4 Å². The molecule has 1 amide bonds. The Labute approximate surface area is 129 Å². The molecule has 1 heterocycles. The van der Waals surface area contributed by atoms with Gasteiger partial charge in [-0.3, -0.25) is 4.79 Å². The van der Waals surface area contributed by atoms with Gasteiger partial charge in [-0.2, -0.15) is 0 Å². The summed E-state index contributed by atoms with van der Waals surface area (Å²) in [4.78, 5) is 14.5. The zero-order valence-corrected chi connectivity index (χ0v) is 13.4. The number of nitrogens with two attached hydrogens (primary N) is 1. The number of likely N-dealkylation sites (tertiary alicyclic amines) is 1. The third-order valence-corrected chi connectivity index (χ3v) is 4.58. The Kier molecular flexibility index (Phi) is 4.66. The van der Waals surface area contributed by atoms with Crippen LogP contribution in [-0.2, 0) is 10.3 Å². The van der Waals surface area contributed by atoms with E-state index in [1.807, 2.05) is 35.2 Å². The molecule has 4 heteroatoms. The van der Waals surface area contributed by atoms with Crippen molar-refractivity contribution in [1.29, 1.82) is 0 Å². The van der Waals surface area contributed by atoms with Crippen LogP contribution in [-0.4, -0.2) is 23.9 Å². The number of piperidine rings is 1. The second-order valence-corrected chi connectivity index (χ2v) is 6.49. The fourth-order valence-corrected chi connectivity index (χ4v) is 2.85. The number of allylic oxidation sites excluding steroid dienone is 1. The van der Waals surface area contributed by atoms with E-state index in [9.17, 15) is 4.79 Å². The smallest absolute Gasteiger partial charge is 0.246 e. The van der Waals surface area contributed by atoms with Crippen molar-refractivity contribution in [2.24, 2.45) is 11.7 Å². The number of carbonyl (C=O) groups is 1. The van der Waals surface area contributed by atoms with Crippen LogP contribution in [0, 0.1) is 5.92 Å². The zero-order chi connectivity index (χ0) is 14.8. The molecule has 0 aromatic heterocycles. The van der Waals surface area contributed by atoms with Crippen LogP contribution in [0.5, 0.6) is 0 Å². The molecule has 0 spiro atoms. The topological polar surface area (TPSA) is 46.3 Å². The van der Waals surface area contributed by atoms with E-state index in [4.69, 9.17) is 5.73 Å². The van der Waals surface area contributed by atoms with E-state index in [0.717, 1.165) is 36.0 Å². The van der Waals surface area contributed by atoms with Crippen molar-refractivity contribution in [3.05, 3.63) is 47.0 Å². The summed E-state index contributed by atoms with van der Waals surface area (Å²) in [5, 5.41) is 0. The lowest BCUT2D eigenvalue weighted by molar-refractivity contribution is -0.138. The molecule has 1 aromatic rings. The van der Waals surface area contributed by atoms with Gasteiger partial charge in [0.15, 0.2) is 0 Å². The Morgan fingerprint density at radius 2 is 1.95 bits per heavy atom. The standard InChI is InChI=1S/C16H21BrN2O/c1-3-12-8-10-19(11-9-12)15(20)16(2,18)13-4-6-14(17)7-5-13/h3-7,12H,1,8-11,18H2,2H3. The molecule has 3 nitrogen and oxygen atoms in total. The highest BCUT2D eigenvalue weighted by Crippen LogP contribution is 2.26. The van der Waals surface area contributed by atoms with Gasteiger partial charge in [0.2, 0.25) is 5.91 Å². The largest absolute Gasteiger partial charge is 0.341 e. The first kappa shape index (κ1) is 15.3. The van der Waals surface area contributed by atoms with E-state index in [-0.39, 0.29) is 5.91 Å². The third-order valence-electron chi connectivity index (χ3n) is 4.05. The molecule has 1 aromatic carbocycles. The molecule has 1 fully saturated rings. The maximum Gasteiger partial charge on any atom is 0.246 e. The second kappa shape index (κ2) is 6.10. The molecule has 0 radical (unpaired) electrons. The Morgan fingerprint density at radius 1 is 1.40 bits per heavy atom. The molecule has 1 atom stereocenters. The number of hydrogen-bond donors (Lipinski definition) is 1. The van der Waals surface area contributed by atoms with E-state index in [1.54, 1.807) is 6.92 Å². The van der Waals surface area contributed by atoms with E-state index in [1.165, 1.54) is 0 Å². The normalized spacial score (nSPS) is 19.4. The summed E-state index contributed by atoms with van der Waals surface area (Å²) in [5.74, 6) is 0.526. The van der Waals surface area contributed by atoms with Crippen molar-refractivity contribution < 1.29 is 4.79 Å². The highest BCUT2D eigenvalue weighted by atomic mass is 79.9. The lowest BCUT2D eigenvalue weighted by Crippen LogP contribution is -2.52. The van der Waals surface area contributed by atoms with Crippen molar-refractivity contribution in [1.82, 2.24) is 4.90 Å². The minimum absolute atomic E-state index is 0.00216. The van der Waals surface area contributed by atoms with Crippen LogP contribution in [0.4, 0.5) is 0 Å². The number of rotatable bonds is 3. The van der Waals surface area contributed by atoms with E-state index < -0.39 is 5.54 Å². The number of halogens is 1. The summed E-state index contributed by atoms with van der Waals surface area (Å²) in [6.07, 6.45) is 3.94. The maximum atomic E-state index is 12.7. The van der Waals surface area contributed by atoms with Crippen LogP contribution < -0.4 is 5.73 Å². The van der Waals surface area contributed by atoms with Crippen molar-refractivity contribution in [2.75, 3.05) is 13.1 Å². The van der Waals surface area contributed by atoms with Crippen molar-refractivity contribution in [2.45, 2.75) is 25.3 Å². The Balaban J connectivity index is 2.11. The molecule has 1 aliphatic rings. The Morgan fingerprint density at radius 3 is 2.45 bits per heavy atom. The van der Waals surface area contributed by atoms with Gasteiger partial charge in [0.1, 0.15) is 5.54 Å². The van der Waals surface area contributed by atoms with Gasteiger partial charge in [-0.1, -0.05) is 34.1 Å². The molecule has 0 aliphatic carbocycles. The van der Waals surface area contributed by atoms with E-state index >= 15 is 0 Å². The number of amides is 1. The summed E-state index contributed by atoms with van der Waals surface area (Å²) >= 11 is 3.39. The summed E-state index contributed by atoms with van der Waals surface area (Å²) < 4.78 is 0.983. The predicted molar refractivity (Wildman–Crippen MR) is 85.2 cm³/mol. The lowest BCUT2D eigenvalue weighted by atomic mass is 9.89. The molecule has 0 saturated carbocycles. The molecule has 0 bridgehead atoms. The van der Waals surface area contributed by atoms with Gasteiger partial charge in [-0.15, -0.1) is 6.58 Å². The minimum Gasteiger partial charge on any atom is -0.341 e. The molecule has 2 rings (SSSR count). The summed E-state index contributed by atoms with van der Waals surface area (Å²) in [5.41, 5.74) is 6.18. The zero-order valence-electron chi connectivity index (χ0n) is 11.8. The number of benzene rings is 1. The number of hydrogen-bond acceptors (Lipinski definition) is 2. The van der Waals surface area contributed by atoms with Crippen LogP contribution in [0.1, 0.15) is 25.3 Å². The van der Waals surface area contributed by atoms with Crippen molar-refractivity contribution >= 4 is 21.8 Å². The molecule has 1 saturated heterocycles. The number of carbonyl (C=O) groups excluding carboxylic acids is 1. The highest BCUT2D eigenvalue weighted by Gasteiger charge is 2.35. The van der Waals surface area contributed by atoms with Gasteiger partial charge < -0.3 is 10.6 Å². The van der Waals surface area contributed by atoms with Gasteiger partial charge >= 0.3 is 0 Å². The molecule has 1 aliphatic heterocycles. The van der Waals surface area contributed by atoms with Crippen molar-refractivity contribution in [3.63, 3.8) is 0 Å². The SMILES string of the molecule is C=CC1CCN(C(=O)C(C)(N)c2ccc(Br)cc2)CC1. The first-order valence-electron chi connectivity index (χ1n) is 6.92. The summed E-state index contributed by atoms with van der Waals surface area (Å²) in [6, 6.07) is 7.63. The molecule has 2 N–H and O–H groups in total. The minimum atomic E-state index is -0.971. The third kappa shape index (κ3) is 3.13. The molecule has 1 unspecified atom stereocenters.